The van der Waals surface area contributed by atoms with E-state index in [0.29, 0.717) is 19.6 Å². The summed E-state index contributed by atoms with van der Waals surface area (Å²) in [5.74, 6) is -0.399. The number of ether oxygens (including phenoxy) is 1. The number of amides is 1. The molecule has 2 unspecified atom stereocenters. The number of hydrogen-bond donors (Lipinski definition) is 1. The Balaban J connectivity index is 2.57. The lowest BCUT2D eigenvalue weighted by Crippen LogP contribution is -2.40. The van der Waals surface area contributed by atoms with Crippen molar-refractivity contribution in [2.75, 3.05) is 13.2 Å². The third kappa shape index (κ3) is 4.91. The van der Waals surface area contributed by atoms with Crippen LogP contribution >= 0.6 is 0 Å². The number of aliphatic hydroxyl groups is 1. The Morgan fingerprint density at radius 2 is 1.95 bits per heavy atom. The maximum atomic E-state index is 12.1. The Labute approximate surface area is 114 Å². The Bertz CT molecular complexity index is 327. The summed E-state index contributed by atoms with van der Waals surface area (Å²) in [6.07, 6.45) is 0.0162. The van der Waals surface area contributed by atoms with Crippen LogP contribution in [0, 0.1) is 5.92 Å². The van der Waals surface area contributed by atoms with Gasteiger partial charge >= 0.3 is 0 Å². The Hall–Kier alpha value is -0.940. The molecule has 1 N–H and O–H groups in total. The first-order valence-corrected chi connectivity index (χ1v) is 6.93. The molecule has 0 aromatic heterocycles. The number of aliphatic hydroxyl groups excluding tert-OH is 1. The highest BCUT2D eigenvalue weighted by Gasteiger charge is 2.35. The molecular formula is C14H25NO4. The second-order valence-electron chi connectivity index (χ2n) is 5.77. The Morgan fingerprint density at radius 1 is 1.32 bits per heavy atom. The van der Waals surface area contributed by atoms with Crippen LogP contribution in [0.15, 0.2) is 0 Å². The third-order valence-electron chi connectivity index (χ3n) is 3.30. The van der Waals surface area contributed by atoms with Gasteiger partial charge in [0.05, 0.1) is 31.3 Å². The number of carbonyl (C=O) groups excluding carboxylic acids is 2. The van der Waals surface area contributed by atoms with Crippen molar-refractivity contribution in [3.8, 4) is 0 Å². The summed E-state index contributed by atoms with van der Waals surface area (Å²) in [5, 5.41) is 9.69. The van der Waals surface area contributed by atoms with Crippen LogP contribution in [0.4, 0.5) is 0 Å². The average Bonchev–Trinajstić information content (AvgIpc) is 2.67. The summed E-state index contributed by atoms with van der Waals surface area (Å²) in [6.45, 7) is 8.15. The summed E-state index contributed by atoms with van der Waals surface area (Å²) in [5.41, 5.74) is 0. The smallest absolute Gasteiger partial charge is 0.230 e. The molecule has 0 aliphatic carbocycles. The lowest BCUT2D eigenvalue weighted by Gasteiger charge is -2.25. The lowest BCUT2D eigenvalue weighted by atomic mass is 10.1. The molecule has 1 aliphatic heterocycles. The van der Waals surface area contributed by atoms with Gasteiger partial charge in [-0.2, -0.15) is 0 Å². The molecule has 0 bridgehead atoms. The molecule has 0 saturated carbocycles. The molecule has 19 heavy (non-hydrogen) atoms. The van der Waals surface area contributed by atoms with E-state index in [1.54, 1.807) is 18.7 Å². The summed E-state index contributed by atoms with van der Waals surface area (Å²) in [4.78, 5) is 25.3. The average molecular weight is 271 g/mol. The van der Waals surface area contributed by atoms with Gasteiger partial charge in [-0.25, -0.2) is 0 Å². The predicted molar refractivity (Wildman–Crippen MR) is 71.7 cm³/mol. The minimum atomic E-state index is -0.515. The number of carbonyl (C=O) groups is 2. The second-order valence-corrected chi connectivity index (χ2v) is 5.77. The van der Waals surface area contributed by atoms with Crippen LogP contribution in [0.3, 0.4) is 0 Å². The molecule has 1 rings (SSSR count). The van der Waals surface area contributed by atoms with Gasteiger partial charge < -0.3 is 14.7 Å². The van der Waals surface area contributed by atoms with Gasteiger partial charge in [-0.15, -0.1) is 0 Å². The van der Waals surface area contributed by atoms with Crippen molar-refractivity contribution in [2.24, 2.45) is 5.92 Å². The van der Waals surface area contributed by atoms with Gasteiger partial charge in [-0.05, 0) is 20.3 Å². The zero-order chi connectivity index (χ0) is 14.6. The van der Waals surface area contributed by atoms with E-state index in [4.69, 9.17) is 4.74 Å². The molecule has 0 aromatic rings. The molecule has 0 spiro atoms. The highest BCUT2D eigenvalue weighted by atomic mass is 16.5. The van der Waals surface area contributed by atoms with Crippen LogP contribution in [0.25, 0.3) is 0 Å². The number of likely N-dealkylation sites (tertiary alicyclic amines) is 1. The minimum absolute atomic E-state index is 0.0603. The van der Waals surface area contributed by atoms with Gasteiger partial charge in [0.1, 0.15) is 5.78 Å². The van der Waals surface area contributed by atoms with Crippen molar-refractivity contribution in [3.63, 3.8) is 0 Å². The van der Waals surface area contributed by atoms with Gasteiger partial charge in [0.25, 0.3) is 0 Å². The standard InChI is InChI=1S/C14H25NO4/c1-9(2)13(17)6-14(18)15-7-12(16)5-11(15)8-19-10(3)4/h9-12,16H,5-8H2,1-4H3. The molecule has 2 atom stereocenters. The number of β-amino-alcohol motifs (C(OH)–C–C–N with tert-alkyl or cyclic N) is 1. The molecule has 1 fully saturated rings. The van der Waals surface area contributed by atoms with Crippen LogP contribution in [-0.4, -0.2) is 53.1 Å². The molecule has 1 heterocycles. The molecule has 1 aliphatic rings. The van der Waals surface area contributed by atoms with Gasteiger partial charge in [-0.3, -0.25) is 9.59 Å². The maximum Gasteiger partial charge on any atom is 0.230 e. The fraction of sp³-hybridized carbons (Fsp3) is 0.857. The van der Waals surface area contributed by atoms with Crippen molar-refractivity contribution in [1.29, 1.82) is 0 Å². The molecule has 5 nitrogen and oxygen atoms in total. The quantitative estimate of drug-likeness (QED) is 0.732. The Morgan fingerprint density at radius 3 is 2.47 bits per heavy atom. The first kappa shape index (κ1) is 16.1. The molecule has 0 radical (unpaired) electrons. The number of hydrogen-bond acceptors (Lipinski definition) is 4. The van der Waals surface area contributed by atoms with E-state index in [1.165, 1.54) is 0 Å². The summed E-state index contributed by atoms with van der Waals surface area (Å²) >= 11 is 0. The number of nitrogens with zero attached hydrogens (tertiary/aromatic N) is 1. The monoisotopic (exact) mass is 271 g/mol. The van der Waals surface area contributed by atoms with Crippen molar-refractivity contribution < 1.29 is 19.4 Å². The molecule has 110 valence electrons. The third-order valence-corrected chi connectivity index (χ3v) is 3.30. The van der Waals surface area contributed by atoms with Gasteiger partial charge in [0, 0.05) is 12.5 Å². The van der Waals surface area contributed by atoms with Crippen molar-refractivity contribution in [1.82, 2.24) is 4.90 Å². The van der Waals surface area contributed by atoms with E-state index in [-0.39, 0.29) is 36.2 Å². The zero-order valence-corrected chi connectivity index (χ0v) is 12.3. The van der Waals surface area contributed by atoms with Crippen LogP contribution < -0.4 is 0 Å². The molecule has 1 amide bonds. The van der Waals surface area contributed by atoms with Crippen molar-refractivity contribution in [3.05, 3.63) is 0 Å². The van der Waals surface area contributed by atoms with Crippen LogP contribution in [-0.2, 0) is 14.3 Å². The number of ketones is 1. The van der Waals surface area contributed by atoms with Crippen LogP contribution in [0.5, 0.6) is 0 Å². The topological polar surface area (TPSA) is 66.8 Å². The van der Waals surface area contributed by atoms with Gasteiger partial charge in [-0.1, -0.05) is 13.8 Å². The highest BCUT2D eigenvalue weighted by molar-refractivity contribution is 5.99. The van der Waals surface area contributed by atoms with Crippen molar-refractivity contribution in [2.45, 2.75) is 58.8 Å². The summed E-state index contributed by atoms with van der Waals surface area (Å²) in [7, 11) is 0. The van der Waals surface area contributed by atoms with E-state index in [1.807, 2.05) is 13.8 Å². The SMILES string of the molecule is CC(C)OCC1CC(O)CN1C(=O)CC(=O)C(C)C. The zero-order valence-electron chi connectivity index (χ0n) is 12.3. The van der Waals surface area contributed by atoms with E-state index < -0.39 is 6.10 Å². The normalized spacial score (nSPS) is 23.4. The predicted octanol–water partition coefficient (Wildman–Crippen LogP) is 0.988. The first-order chi connectivity index (χ1) is 8.81. The summed E-state index contributed by atoms with van der Waals surface area (Å²) in [6, 6.07) is -0.120. The fourth-order valence-corrected chi connectivity index (χ4v) is 2.11. The molecule has 5 heteroatoms. The molecular weight excluding hydrogens is 246 g/mol. The fourth-order valence-electron chi connectivity index (χ4n) is 2.11. The molecule has 0 aromatic carbocycles. The van der Waals surface area contributed by atoms with Gasteiger partial charge in [0.15, 0.2) is 0 Å². The highest BCUT2D eigenvalue weighted by Crippen LogP contribution is 2.20. The van der Waals surface area contributed by atoms with Crippen molar-refractivity contribution >= 4 is 11.7 Å². The number of rotatable bonds is 6. The van der Waals surface area contributed by atoms with Crippen LogP contribution in [0.2, 0.25) is 0 Å². The van der Waals surface area contributed by atoms with Gasteiger partial charge in [0.2, 0.25) is 5.91 Å². The van der Waals surface area contributed by atoms with Crippen LogP contribution in [0.1, 0.15) is 40.5 Å². The second kappa shape index (κ2) is 7.01. The Kier molecular flexibility index (Phi) is 5.94. The number of Topliss-reactive ketones (excluding diaryl/α,β-unsaturated/α-hetero) is 1. The van der Waals surface area contributed by atoms with E-state index >= 15 is 0 Å². The minimum Gasteiger partial charge on any atom is -0.391 e. The maximum absolute atomic E-state index is 12.1. The summed E-state index contributed by atoms with van der Waals surface area (Å²) < 4.78 is 5.52. The molecule has 1 saturated heterocycles. The van der Waals surface area contributed by atoms with E-state index in [2.05, 4.69) is 0 Å². The first-order valence-electron chi connectivity index (χ1n) is 6.93. The lowest BCUT2D eigenvalue weighted by molar-refractivity contribution is -0.138. The largest absolute Gasteiger partial charge is 0.391 e. The van der Waals surface area contributed by atoms with E-state index in [9.17, 15) is 14.7 Å². The van der Waals surface area contributed by atoms with E-state index in [0.717, 1.165) is 0 Å².